The van der Waals surface area contributed by atoms with E-state index < -0.39 is 0 Å². The van der Waals surface area contributed by atoms with E-state index in [1.807, 2.05) is 29.7 Å². The Morgan fingerprint density at radius 2 is 2.18 bits per heavy atom. The van der Waals surface area contributed by atoms with Crippen LogP contribution in [0.4, 0.5) is 0 Å². The van der Waals surface area contributed by atoms with Crippen molar-refractivity contribution in [2.24, 2.45) is 0 Å². The standard InChI is InChI=1S/C14H18N2S/c1-12-7-10-17-14(12)11-16(2)9-6-13-5-3-4-8-15-13/h3-5,7-8,10H,6,9,11H2,1-2H3. The minimum absolute atomic E-state index is 1.02. The fourth-order valence-corrected chi connectivity index (χ4v) is 2.73. The molecular weight excluding hydrogens is 228 g/mol. The third-order valence-corrected chi connectivity index (χ3v) is 3.87. The van der Waals surface area contributed by atoms with E-state index in [9.17, 15) is 0 Å². The second-order valence-corrected chi connectivity index (χ2v) is 5.34. The molecule has 0 aliphatic rings. The maximum absolute atomic E-state index is 4.34. The Balaban J connectivity index is 1.82. The van der Waals surface area contributed by atoms with Gasteiger partial charge in [0, 0.05) is 36.3 Å². The van der Waals surface area contributed by atoms with Crippen molar-refractivity contribution in [1.82, 2.24) is 9.88 Å². The molecule has 2 aromatic heterocycles. The minimum Gasteiger partial charge on any atom is -0.301 e. The van der Waals surface area contributed by atoms with E-state index in [1.165, 1.54) is 16.1 Å². The largest absolute Gasteiger partial charge is 0.301 e. The number of thiophene rings is 1. The number of aromatic nitrogens is 1. The number of likely N-dealkylation sites (N-methyl/N-ethyl adjacent to an activating group) is 1. The smallest absolute Gasteiger partial charge is 0.0416 e. The van der Waals surface area contributed by atoms with Crippen LogP contribution >= 0.6 is 11.3 Å². The van der Waals surface area contributed by atoms with E-state index in [1.54, 1.807) is 0 Å². The highest BCUT2D eigenvalue weighted by atomic mass is 32.1. The molecule has 2 rings (SSSR count). The Kier molecular flexibility index (Phi) is 4.29. The van der Waals surface area contributed by atoms with Crippen molar-refractivity contribution in [2.75, 3.05) is 13.6 Å². The Morgan fingerprint density at radius 3 is 2.82 bits per heavy atom. The lowest BCUT2D eigenvalue weighted by molar-refractivity contribution is 0.332. The highest BCUT2D eigenvalue weighted by Crippen LogP contribution is 2.17. The van der Waals surface area contributed by atoms with Crippen molar-refractivity contribution in [3.05, 3.63) is 52.0 Å². The summed E-state index contributed by atoms with van der Waals surface area (Å²) in [4.78, 5) is 8.16. The molecular formula is C14H18N2S. The second kappa shape index (κ2) is 5.94. The van der Waals surface area contributed by atoms with Crippen molar-refractivity contribution in [3.8, 4) is 0 Å². The third kappa shape index (κ3) is 3.65. The van der Waals surface area contributed by atoms with Crippen LogP contribution in [-0.4, -0.2) is 23.5 Å². The predicted molar refractivity (Wildman–Crippen MR) is 73.3 cm³/mol. The van der Waals surface area contributed by atoms with E-state index in [-0.39, 0.29) is 0 Å². The summed E-state index contributed by atoms with van der Waals surface area (Å²) in [5, 5.41) is 2.16. The molecule has 0 fully saturated rings. The SMILES string of the molecule is Cc1ccsc1CN(C)CCc1ccccn1. The van der Waals surface area contributed by atoms with Gasteiger partial charge in [-0.1, -0.05) is 6.07 Å². The van der Waals surface area contributed by atoms with Gasteiger partial charge < -0.3 is 4.90 Å². The molecule has 3 heteroatoms. The quantitative estimate of drug-likeness (QED) is 0.806. The Hall–Kier alpha value is -1.19. The first-order valence-electron chi connectivity index (χ1n) is 5.87. The number of nitrogens with zero attached hydrogens (tertiary/aromatic N) is 2. The predicted octanol–water partition coefficient (Wildman–Crippen LogP) is 3.13. The minimum atomic E-state index is 1.02. The molecule has 0 bridgehead atoms. The number of hydrogen-bond donors (Lipinski definition) is 0. The molecule has 0 spiro atoms. The zero-order chi connectivity index (χ0) is 12.1. The molecule has 2 aromatic rings. The summed E-state index contributed by atoms with van der Waals surface area (Å²) in [5.74, 6) is 0. The first kappa shape index (κ1) is 12.3. The molecule has 0 atom stereocenters. The normalized spacial score (nSPS) is 11.0. The summed E-state index contributed by atoms with van der Waals surface area (Å²) in [5.41, 5.74) is 2.57. The van der Waals surface area contributed by atoms with E-state index in [0.717, 1.165) is 19.5 Å². The molecule has 17 heavy (non-hydrogen) atoms. The maximum Gasteiger partial charge on any atom is 0.0416 e. The van der Waals surface area contributed by atoms with Gasteiger partial charge in [-0.05, 0) is 43.1 Å². The zero-order valence-corrected chi connectivity index (χ0v) is 11.2. The molecule has 0 radical (unpaired) electrons. The molecule has 0 aromatic carbocycles. The van der Waals surface area contributed by atoms with Crippen LogP contribution in [0.1, 0.15) is 16.1 Å². The Labute approximate surface area is 107 Å². The highest BCUT2D eigenvalue weighted by Gasteiger charge is 2.04. The van der Waals surface area contributed by atoms with Crippen molar-refractivity contribution in [3.63, 3.8) is 0 Å². The maximum atomic E-state index is 4.34. The van der Waals surface area contributed by atoms with Crippen LogP contribution in [0.3, 0.4) is 0 Å². The first-order valence-corrected chi connectivity index (χ1v) is 6.75. The monoisotopic (exact) mass is 246 g/mol. The van der Waals surface area contributed by atoms with E-state index in [0.29, 0.717) is 0 Å². The number of pyridine rings is 1. The van der Waals surface area contributed by atoms with Gasteiger partial charge in [-0.15, -0.1) is 11.3 Å². The van der Waals surface area contributed by atoms with Gasteiger partial charge in [-0.2, -0.15) is 0 Å². The van der Waals surface area contributed by atoms with Crippen LogP contribution in [0, 0.1) is 6.92 Å². The molecule has 90 valence electrons. The van der Waals surface area contributed by atoms with Gasteiger partial charge in [0.15, 0.2) is 0 Å². The lowest BCUT2D eigenvalue weighted by Crippen LogP contribution is -2.20. The van der Waals surface area contributed by atoms with E-state index >= 15 is 0 Å². The van der Waals surface area contributed by atoms with Gasteiger partial charge in [-0.3, -0.25) is 4.98 Å². The van der Waals surface area contributed by atoms with Gasteiger partial charge in [0.05, 0.1) is 0 Å². The zero-order valence-electron chi connectivity index (χ0n) is 10.4. The molecule has 0 saturated heterocycles. The molecule has 0 saturated carbocycles. The summed E-state index contributed by atoms with van der Waals surface area (Å²) < 4.78 is 0. The van der Waals surface area contributed by atoms with Crippen LogP contribution in [-0.2, 0) is 13.0 Å². The summed E-state index contributed by atoms with van der Waals surface area (Å²) in [6, 6.07) is 8.28. The van der Waals surface area contributed by atoms with Gasteiger partial charge >= 0.3 is 0 Å². The lowest BCUT2D eigenvalue weighted by atomic mass is 10.2. The number of aryl methyl sites for hydroxylation is 1. The number of rotatable bonds is 5. The molecule has 2 nitrogen and oxygen atoms in total. The van der Waals surface area contributed by atoms with Crippen molar-refractivity contribution in [1.29, 1.82) is 0 Å². The van der Waals surface area contributed by atoms with Crippen LogP contribution in [0.2, 0.25) is 0 Å². The molecule has 0 amide bonds. The molecule has 0 aliphatic heterocycles. The van der Waals surface area contributed by atoms with Crippen LogP contribution in [0.15, 0.2) is 35.8 Å². The average Bonchev–Trinajstić information content (AvgIpc) is 2.74. The lowest BCUT2D eigenvalue weighted by Gasteiger charge is -2.15. The molecule has 0 N–H and O–H groups in total. The average molecular weight is 246 g/mol. The van der Waals surface area contributed by atoms with Gasteiger partial charge in [0.1, 0.15) is 0 Å². The van der Waals surface area contributed by atoms with Crippen LogP contribution in [0.5, 0.6) is 0 Å². The topological polar surface area (TPSA) is 16.1 Å². The summed E-state index contributed by atoms with van der Waals surface area (Å²) in [6.07, 6.45) is 2.88. The fraction of sp³-hybridized carbons (Fsp3) is 0.357. The van der Waals surface area contributed by atoms with E-state index in [2.05, 4.69) is 41.4 Å². The van der Waals surface area contributed by atoms with Crippen molar-refractivity contribution < 1.29 is 0 Å². The second-order valence-electron chi connectivity index (χ2n) is 4.34. The van der Waals surface area contributed by atoms with Crippen molar-refractivity contribution >= 4 is 11.3 Å². The molecule has 0 aliphatic carbocycles. The van der Waals surface area contributed by atoms with E-state index in [4.69, 9.17) is 0 Å². The fourth-order valence-electron chi connectivity index (χ4n) is 1.74. The van der Waals surface area contributed by atoms with Gasteiger partial charge in [0.25, 0.3) is 0 Å². The first-order chi connectivity index (χ1) is 8.25. The Morgan fingerprint density at radius 1 is 1.29 bits per heavy atom. The number of hydrogen-bond acceptors (Lipinski definition) is 3. The van der Waals surface area contributed by atoms with Crippen molar-refractivity contribution in [2.45, 2.75) is 19.9 Å². The summed E-state index contributed by atoms with van der Waals surface area (Å²) in [6.45, 7) is 4.27. The van der Waals surface area contributed by atoms with Crippen LogP contribution < -0.4 is 0 Å². The Bertz CT molecular complexity index is 450. The molecule has 2 heterocycles. The third-order valence-electron chi connectivity index (χ3n) is 2.86. The molecule has 0 unspecified atom stereocenters. The van der Waals surface area contributed by atoms with Gasteiger partial charge in [0.2, 0.25) is 0 Å². The van der Waals surface area contributed by atoms with Gasteiger partial charge in [-0.25, -0.2) is 0 Å². The summed E-state index contributed by atoms with van der Waals surface area (Å²) >= 11 is 1.84. The highest BCUT2D eigenvalue weighted by molar-refractivity contribution is 7.10. The summed E-state index contributed by atoms with van der Waals surface area (Å²) in [7, 11) is 2.17. The van der Waals surface area contributed by atoms with Crippen LogP contribution in [0.25, 0.3) is 0 Å².